The second-order valence-corrected chi connectivity index (χ2v) is 10.3. The molecule has 4 N–H and O–H groups in total. The maximum absolute atomic E-state index is 10.0. The van der Waals surface area contributed by atoms with Crippen LogP contribution in [0.3, 0.4) is 0 Å². The second-order valence-electron chi connectivity index (χ2n) is 10.3. The lowest BCUT2D eigenvalue weighted by Crippen LogP contribution is -2.62. The first-order chi connectivity index (χ1) is 13.5. The fraction of sp³-hybridized carbons (Fsp3) is 1.00. The number of likely N-dealkylation sites (tertiary alicyclic amines) is 1. The van der Waals surface area contributed by atoms with E-state index in [1.807, 2.05) is 4.90 Å². The van der Waals surface area contributed by atoms with Gasteiger partial charge in [-0.25, -0.2) is 0 Å². The van der Waals surface area contributed by atoms with E-state index in [0.717, 1.165) is 50.2 Å². The molecule has 5 rings (SSSR count). The maximum Gasteiger partial charge on any atom is 0.109 e. The minimum Gasteiger partial charge on any atom is -0.395 e. The molecule has 0 spiro atoms. The Morgan fingerprint density at radius 2 is 1.50 bits per heavy atom. The quantitative estimate of drug-likeness (QED) is 0.436. The van der Waals surface area contributed by atoms with Gasteiger partial charge in [-0.15, -0.1) is 0 Å². The largest absolute Gasteiger partial charge is 0.395 e. The topological polar surface area (TPSA) is 93.4 Å². The molecule has 5 aliphatic rings. The number of nitrogens with zero attached hydrogens (tertiary/aromatic N) is 1. The van der Waals surface area contributed by atoms with Crippen molar-refractivity contribution in [1.29, 1.82) is 0 Å². The van der Waals surface area contributed by atoms with Crippen LogP contribution in [0, 0.1) is 23.2 Å². The van der Waals surface area contributed by atoms with Gasteiger partial charge in [0.15, 0.2) is 0 Å². The monoisotopic (exact) mass is 397 g/mol. The molecule has 6 heteroatoms. The second kappa shape index (κ2) is 8.86. The number of piperidine rings is 1. The lowest BCUT2D eigenvalue weighted by molar-refractivity contribution is -0.145. The van der Waals surface area contributed by atoms with E-state index in [2.05, 4.69) is 0 Å². The van der Waals surface area contributed by atoms with E-state index in [-0.39, 0.29) is 6.61 Å². The Kier molecular flexibility index (Phi) is 6.65. The fourth-order valence-electron chi connectivity index (χ4n) is 7.09. The number of hydrogen-bond acceptors (Lipinski definition) is 6. The minimum absolute atomic E-state index is 0.209. The van der Waals surface area contributed by atoms with Gasteiger partial charge >= 0.3 is 0 Å². The molecular weight excluding hydrogens is 358 g/mol. The number of aliphatic hydroxyl groups excluding tert-OH is 4. The fourth-order valence-corrected chi connectivity index (χ4v) is 7.09. The van der Waals surface area contributed by atoms with E-state index >= 15 is 0 Å². The van der Waals surface area contributed by atoms with Crippen LogP contribution >= 0.6 is 0 Å². The molecule has 0 aromatic heterocycles. The van der Waals surface area contributed by atoms with Crippen molar-refractivity contribution in [2.75, 3.05) is 32.9 Å². The Morgan fingerprint density at radius 1 is 0.857 bits per heavy atom. The molecule has 0 radical (unpaired) electrons. The van der Waals surface area contributed by atoms with Crippen LogP contribution in [-0.4, -0.2) is 82.6 Å². The van der Waals surface area contributed by atoms with Gasteiger partial charge in [0.05, 0.1) is 25.4 Å². The van der Waals surface area contributed by atoms with Crippen molar-refractivity contribution in [2.24, 2.45) is 23.2 Å². The summed E-state index contributed by atoms with van der Waals surface area (Å²) in [4.78, 5) is 1.90. The van der Waals surface area contributed by atoms with Gasteiger partial charge in [0.2, 0.25) is 0 Å². The number of aliphatic hydroxyl groups is 4. The highest BCUT2D eigenvalue weighted by atomic mass is 16.5. The molecule has 1 aliphatic heterocycles. The maximum atomic E-state index is 10.0. The average molecular weight is 398 g/mol. The first kappa shape index (κ1) is 21.0. The Bertz CT molecular complexity index is 480. The van der Waals surface area contributed by atoms with Gasteiger partial charge in [-0.1, -0.05) is 0 Å². The number of unbranched alkanes of at least 4 members (excludes halogenated alkanes) is 2. The van der Waals surface area contributed by atoms with E-state index in [1.54, 1.807) is 0 Å². The Labute approximate surface area is 168 Å². The SMILES string of the molecule is OC[C@H]1[C@@H](O)[C@H](O)[C@H](O)CN1CCCCCOCC12CC3CC(CC(C3)C1)C2. The van der Waals surface area contributed by atoms with Crippen LogP contribution < -0.4 is 0 Å². The highest BCUT2D eigenvalue weighted by molar-refractivity contribution is 5.01. The third kappa shape index (κ3) is 4.42. The van der Waals surface area contributed by atoms with Gasteiger partial charge in [-0.2, -0.15) is 0 Å². The zero-order valence-corrected chi connectivity index (χ0v) is 17.1. The van der Waals surface area contributed by atoms with E-state index in [4.69, 9.17) is 4.74 Å². The number of hydrogen-bond donors (Lipinski definition) is 4. The van der Waals surface area contributed by atoms with Crippen LogP contribution in [0.4, 0.5) is 0 Å². The van der Waals surface area contributed by atoms with Crippen LogP contribution in [0.25, 0.3) is 0 Å². The van der Waals surface area contributed by atoms with E-state index < -0.39 is 24.4 Å². The molecule has 4 atom stereocenters. The smallest absolute Gasteiger partial charge is 0.109 e. The van der Waals surface area contributed by atoms with Crippen LogP contribution in [0.15, 0.2) is 0 Å². The summed E-state index contributed by atoms with van der Waals surface area (Å²) in [7, 11) is 0. The molecule has 28 heavy (non-hydrogen) atoms. The lowest BCUT2D eigenvalue weighted by atomic mass is 9.50. The highest BCUT2D eigenvalue weighted by Gasteiger charge is 2.50. The summed E-state index contributed by atoms with van der Waals surface area (Å²) in [6, 6.07) is -0.495. The average Bonchev–Trinajstić information content (AvgIpc) is 2.64. The zero-order valence-electron chi connectivity index (χ0n) is 17.1. The lowest BCUT2D eigenvalue weighted by Gasteiger charge is -2.56. The molecule has 6 nitrogen and oxygen atoms in total. The van der Waals surface area contributed by atoms with Crippen LogP contribution in [0.2, 0.25) is 0 Å². The first-order valence-corrected chi connectivity index (χ1v) is 11.5. The highest BCUT2D eigenvalue weighted by Crippen LogP contribution is 2.60. The summed E-state index contributed by atoms with van der Waals surface area (Å²) >= 11 is 0. The summed E-state index contributed by atoms with van der Waals surface area (Å²) < 4.78 is 6.13. The van der Waals surface area contributed by atoms with E-state index in [0.29, 0.717) is 18.5 Å². The Hall–Kier alpha value is -0.240. The van der Waals surface area contributed by atoms with Crippen molar-refractivity contribution in [3.63, 3.8) is 0 Å². The predicted molar refractivity (Wildman–Crippen MR) is 106 cm³/mol. The van der Waals surface area contributed by atoms with Crippen molar-refractivity contribution in [3.8, 4) is 0 Å². The third-order valence-electron chi connectivity index (χ3n) is 8.02. The van der Waals surface area contributed by atoms with E-state index in [9.17, 15) is 20.4 Å². The molecule has 4 aliphatic carbocycles. The molecule has 4 saturated carbocycles. The normalized spacial score (nSPS) is 45.6. The third-order valence-corrected chi connectivity index (χ3v) is 8.02. The molecule has 5 fully saturated rings. The minimum atomic E-state index is -1.17. The molecule has 0 amide bonds. The number of β-amino-alcohol motifs (C(OH)–C–C–N with tert-alkyl or cyclic N) is 1. The molecule has 1 saturated heterocycles. The van der Waals surface area contributed by atoms with Gasteiger partial charge in [0, 0.05) is 13.2 Å². The van der Waals surface area contributed by atoms with Gasteiger partial charge in [0.1, 0.15) is 12.2 Å². The first-order valence-electron chi connectivity index (χ1n) is 11.5. The number of rotatable bonds is 9. The Morgan fingerprint density at radius 3 is 2.11 bits per heavy atom. The molecule has 0 aromatic carbocycles. The summed E-state index contributed by atoms with van der Waals surface area (Å²) in [6.07, 6.45) is 8.38. The van der Waals surface area contributed by atoms with Crippen LogP contribution in [0.1, 0.15) is 57.8 Å². The summed E-state index contributed by atoms with van der Waals surface area (Å²) in [5.74, 6) is 2.93. The van der Waals surface area contributed by atoms with Crippen molar-refractivity contribution in [1.82, 2.24) is 4.90 Å². The van der Waals surface area contributed by atoms with Crippen molar-refractivity contribution in [2.45, 2.75) is 82.1 Å². The van der Waals surface area contributed by atoms with Crippen molar-refractivity contribution in [3.05, 3.63) is 0 Å². The summed E-state index contributed by atoms with van der Waals surface area (Å²) in [6.45, 7) is 2.56. The van der Waals surface area contributed by atoms with Gasteiger partial charge < -0.3 is 25.2 Å². The predicted octanol–water partition coefficient (Wildman–Crippen LogP) is 1.15. The summed E-state index contributed by atoms with van der Waals surface area (Å²) in [5, 5.41) is 39.2. The van der Waals surface area contributed by atoms with Crippen LogP contribution in [-0.2, 0) is 4.74 Å². The zero-order chi connectivity index (χ0) is 19.7. The molecular formula is C22H39NO5. The van der Waals surface area contributed by atoms with Gasteiger partial charge in [0.25, 0.3) is 0 Å². The molecule has 1 heterocycles. The Balaban J connectivity index is 1.11. The van der Waals surface area contributed by atoms with Gasteiger partial charge in [-0.3, -0.25) is 4.90 Å². The van der Waals surface area contributed by atoms with Gasteiger partial charge in [-0.05, 0) is 87.5 Å². The number of ether oxygens (including phenoxy) is 1. The molecule has 0 unspecified atom stereocenters. The summed E-state index contributed by atoms with van der Waals surface area (Å²) in [5.41, 5.74) is 0.490. The molecule has 4 bridgehead atoms. The molecule has 0 aromatic rings. The molecule has 162 valence electrons. The van der Waals surface area contributed by atoms with Crippen LogP contribution in [0.5, 0.6) is 0 Å². The van der Waals surface area contributed by atoms with Crippen molar-refractivity contribution >= 4 is 0 Å². The standard InChI is InChI=1S/C22H39NO5/c24-13-18-20(26)21(27)19(25)12-23(18)4-2-1-3-5-28-14-22-9-15-6-16(10-22)8-17(7-15)11-22/h15-21,24-27H,1-14H2/t15?,16?,17?,18-,19+,20+,21+,22?/m0/s1. The van der Waals surface area contributed by atoms with Crippen molar-refractivity contribution < 1.29 is 25.2 Å². The van der Waals surface area contributed by atoms with E-state index in [1.165, 1.54) is 38.5 Å².